The Balaban J connectivity index is 1.99. The van der Waals surface area contributed by atoms with Gasteiger partial charge in [0, 0.05) is 5.75 Å². The smallest absolute Gasteiger partial charge is 0.313 e. The van der Waals surface area contributed by atoms with Crippen molar-refractivity contribution in [2.24, 2.45) is 0 Å². The van der Waals surface area contributed by atoms with E-state index in [1.165, 1.54) is 42.2 Å². The van der Waals surface area contributed by atoms with E-state index in [0.29, 0.717) is 5.92 Å². The van der Waals surface area contributed by atoms with Crippen molar-refractivity contribution in [3.63, 3.8) is 0 Å². The first kappa shape index (κ1) is 11.5. The number of carboxylic acid groups (broad SMARTS) is 1. The Bertz CT molecular complexity index is 376. The van der Waals surface area contributed by atoms with Gasteiger partial charge in [-0.1, -0.05) is 24.3 Å². The van der Waals surface area contributed by atoms with Gasteiger partial charge in [-0.25, -0.2) is 0 Å². The molecule has 1 aliphatic carbocycles. The van der Waals surface area contributed by atoms with Gasteiger partial charge in [0.25, 0.3) is 0 Å². The highest BCUT2D eigenvalue weighted by Crippen LogP contribution is 2.33. The maximum atomic E-state index is 10.5. The van der Waals surface area contributed by atoms with Crippen LogP contribution in [-0.4, -0.2) is 22.6 Å². The predicted octanol–water partition coefficient (Wildman–Crippen LogP) is 2.92. The molecule has 0 heterocycles. The molecule has 1 atom stereocenters. The summed E-state index contributed by atoms with van der Waals surface area (Å²) in [6, 6.07) is 8.56. The number of carboxylic acids is 1. The molecule has 1 unspecified atom stereocenters. The maximum absolute atomic E-state index is 10.5. The Morgan fingerprint density at radius 1 is 1.44 bits per heavy atom. The monoisotopic (exact) mass is 236 g/mol. The van der Waals surface area contributed by atoms with Crippen molar-refractivity contribution in [1.29, 1.82) is 0 Å². The largest absolute Gasteiger partial charge is 0.481 e. The standard InChI is InChI=1S/C13H16O2S/c14-13(15)9-16-8-11-6-3-5-10-4-1-2-7-12(10)11/h1-2,4,7,11H,3,5-6,8-9H2,(H,14,15). The number of aryl methyl sites for hydroxylation is 1. The Morgan fingerprint density at radius 2 is 2.25 bits per heavy atom. The summed E-state index contributed by atoms with van der Waals surface area (Å²) in [5.41, 5.74) is 2.89. The second-order valence-corrected chi connectivity index (χ2v) is 5.23. The van der Waals surface area contributed by atoms with Gasteiger partial charge >= 0.3 is 5.97 Å². The van der Waals surface area contributed by atoms with Gasteiger partial charge in [0.1, 0.15) is 0 Å². The molecule has 16 heavy (non-hydrogen) atoms. The van der Waals surface area contributed by atoms with Crippen LogP contribution in [0.5, 0.6) is 0 Å². The highest BCUT2D eigenvalue weighted by atomic mass is 32.2. The van der Waals surface area contributed by atoms with Crippen LogP contribution in [0.1, 0.15) is 29.9 Å². The van der Waals surface area contributed by atoms with Crippen LogP contribution in [0.2, 0.25) is 0 Å². The molecule has 0 amide bonds. The average molecular weight is 236 g/mol. The molecule has 0 bridgehead atoms. The van der Waals surface area contributed by atoms with Crippen LogP contribution >= 0.6 is 11.8 Å². The van der Waals surface area contributed by atoms with Crippen molar-refractivity contribution in [1.82, 2.24) is 0 Å². The molecular formula is C13H16O2S. The lowest BCUT2D eigenvalue weighted by atomic mass is 9.84. The first-order chi connectivity index (χ1) is 7.77. The zero-order chi connectivity index (χ0) is 11.4. The SMILES string of the molecule is O=C(O)CSCC1CCCc2ccccc21. The Morgan fingerprint density at radius 3 is 3.06 bits per heavy atom. The number of benzene rings is 1. The van der Waals surface area contributed by atoms with Crippen molar-refractivity contribution >= 4 is 17.7 Å². The number of thioether (sulfide) groups is 1. The summed E-state index contributed by atoms with van der Waals surface area (Å²) in [6.07, 6.45) is 3.61. The molecule has 3 heteroatoms. The Hall–Kier alpha value is -0.960. The summed E-state index contributed by atoms with van der Waals surface area (Å²) >= 11 is 1.53. The number of carbonyl (C=O) groups is 1. The van der Waals surface area contributed by atoms with E-state index in [4.69, 9.17) is 5.11 Å². The molecule has 0 aromatic heterocycles. The maximum Gasteiger partial charge on any atom is 0.313 e. The number of fused-ring (bicyclic) bond motifs is 1. The van der Waals surface area contributed by atoms with E-state index >= 15 is 0 Å². The summed E-state index contributed by atoms with van der Waals surface area (Å²) in [5.74, 6) is 0.991. The number of aliphatic carboxylic acids is 1. The molecule has 1 N–H and O–H groups in total. The summed E-state index contributed by atoms with van der Waals surface area (Å²) in [6.45, 7) is 0. The van der Waals surface area contributed by atoms with Gasteiger partial charge in [0.15, 0.2) is 0 Å². The minimum atomic E-state index is -0.714. The number of hydrogen-bond acceptors (Lipinski definition) is 2. The summed E-state index contributed by atoms with van der Waals surface area (Å²) in [5, 5.41) is 8.62. The first-order valence-corrected chi connectivity index (χ1v) is 6.80. The van der Waals surface area contributed by atoms with Crippen LogP contribution in [0.15, 0.2) is 24.3 Å². The predicted molar refractivity (Wildman–Crippen MR) is 67.1 cm³/mol. The van der Waals surface area contributed by atoms with Gasteiger partial charge in [0.05, 0.1) is 5.75 Å². The minimum Gasteiger partial charge on any atom is -0.481 e. The van der Waals surface area contributed by atoms with Gasteiger partial charge < -0.3 is 5.11 Å². The molecular weight excluding hydrogens is 220 g/mol. The zero-order valence-corrected chi connectivity index (χ0v) is 10.0. The van der Waals surface area contributed by atoms with Gasteiger partial charge in [-0.3, -0.25) is 4.79 Å². The lowest BCUT2D eigenvalue weighted by Crippen LogP contribution is -2.12. The number of hydrogen-bond donors (Lipinski definition) is 1. The number of rotatable bonds is 4. The molecule has 1 aromatic rings. The normalized spacial score (nSPS) is 19.1. The van der Waals surface area contributed by atoms with Gasteiger partial charge in [-0.05, 0) is 36.3 Å². The lowest BCUT2D eigenvalue weighted by molar-refractivity contribution is -0.133. The van der Waals surface area contributed by atoms with Crippen molar-refractivity contribution in [3.8, 4) is 0 Å². The van der Waals surface area contributed by atoms with Crippen LogP contribution in [0.3, 0.4) is 0 Å². The van der Waals surface area contributed by atoms with Crippen molar-refractivity contribution in [2.45, 2.75) is 25.2 Å². The highest BCUT2D eigenvalue weighted by Gasteiger charge is 2.19. The fraction of sp³-hybridized carbons (Fsp3) is 0.462. The summed E-state index contributed by atoms with van der Waals surface area (Å²) in [4.78, 5) is 10.5. The molecule has 0 saturated carbocycles. The summed E-state index contributed by atoms with van der Waals surface area (Å²) in [7, 11) is 0. The first-order valence-electron chi connectivity index (χ1n) is 5.64. The molecule has 0 spiro atoms. The molecule has 1 aromatic carbocycles. The van der Waals surface area contributed by atoms with Crippen LogP contribution < -0.4 is 0 Å². The van der Waals surface area contributed by atoms with E-state index in [1.807, 2.05) is 0 Å². The lowest BCUT2D eigenvalue weighted by Gasteiger charge is -2.24. The van der Waals surface area contributed by atoms with Gasteiger partial charge in [-0.15, -0.1) is 11.8 Å². The molecule has 2 rings (SSSR count). The van der Waals surface area contributed by atoms with E-state index in [0.717, 1.165) is 5.75 Å². The second kappa shape index (κ2) is 5.39. The van der Waals surface area contributed by atoms with Crippen LogP contribution in [0.25, 0.3) is 0 Å². The van der Waals surface area contributed by atoms with Crippen LogP contribution in [-0.2, 0) is 11.2 Å². The summed E-state index contributed by atoms with van der Waals surface area (Å²) < 4.78 is 0. The van der Waals surface area contributed by atoms with E-state index in [9.17, 15) is 4.79 Å². The molecule has 2 nitrogen and oxygen atoms in total. The average Bonchev–Trinajstić information content (AvgIpc) is 2.29. The van der Waals surface area contributed by atoms with Gasteiger partial charge in [-0.2, -0.15) is 0 Å². The Labute approximate surface area is 100 Å². The topological polar surface area (TPSA) is 37.3 Å². The van der Waals surface area contributed by atoms with Gasteiger partial charge in [0.2, 0.25) is 0 Å². The second-order valence-electron chi connectivity index (χ2n) is 4.20. The molecule has 0 radical (unpaired) electrons. The van der Waals surface area contributed by atoms with Crippen molar-refractivity contribution < 1.29 is 9.90 Å². The van der Waals surface area contributed by atoms with E-state index < -0.39 is 5.97 Å². The molecule has 0 saturated heterocycles. The fourth-order valence-corrected chi connectivity index (χ4v) is 3.24. The fourth-order valence-electron chi connectivity index (χ4n) is 2.32. The minimum absolute atomic E-state index is 0.221. The van der Waals surface area contributed by atoms with Crippen molar-refractivity contribution in [2.75, 3.05) is 11.5 Å². The molecule has 86 valence electrons. The third-order valence-electron chi connectivity index (χ3n) is 3.04. The highest BCUT2D eigenvalue weighted by molar-refractivity contribution is 7.99. The van der Waals surface area contributed by atoms with E-state index in [-0.39, 0.29) is 5.75 Å². The molecule has 0 aliphatic heterocycles. The third-order valence-corrected chi connectivity index (χ3v) is 4.13. The van der Waals surface area contributed by atoms with Crippen LogP contribution in [0, 0.1) is 0 Å². The Kier molecular flexibility index (Phi) is 3.88. The quantitative estimate of drug-likeness (QED) is 0.873. The van der Waals surface area contributed by atoms with Crippen LogP contribution in [0.4, 0.5) is 0 Å². The van der Waals surface area contributed by atoms with Crippen molar-refractivity contribution in [3.05, 3.63) is 35.4 Å². The molecule has 1 aliphatic rings. The van der Waals surface area contributed by atoms with E-state index in [1.54, 1.807) is 0 Å². The molecule has 0 fully saturated rings. The zero-order valence-electron chi connectivity index (χ0n) is 9.19. The third kappa shape index (κ3) is 2.79. The van der Waals surface area contributed by atoms with E-state index in [2.05, 4.69) is 24.3 Å².